The number of nitrogen functional groups attached to an aromatic ring is 1. The highest BCUT2D eigenvalue weighted by Gasteiger charge is 2.48. The molecule has 0 bridgehead atoms. The molecule has 1 aliphatic carbocycles. The maximum Gasteiger partial charge on any atom is 0.178 e. The molecule has 3 aliphatic rings. The van der Waals surface area contributed by atoms with Gasteiger partial charge in [-0.3, -0.25) is 0 Å². The van der Waals surface area contributed by atoms with Gasteiger partial charge in [0.05, 0.1) is 5.41 Å². The van der Waals surface area contributed by atoms with Crippen molar-refractivity contribution in [2.75, 3.05) is 5.73 Å². The molecule has 0 fully saturated rings. The van der Waals surface area contributed by atoms with Crippen molar-refractivity contribution in [2.24, 2.45) is 9.98 Å². The highest BCUT2D eigenvalue weighted by molar-refractivity contribution is 6.16. The van der Waals surface area contributed by atoms with Gasteiger partial charge in [0.25, 0.3) is 0 Å². The predicted molar refractivity (Wildman–Crippen MR) is 257 cm³/mol. The summed E-state index contributed by atoms with van der Waals surface area (Å²) in [5.41, 5.74) is 20.1. The fraction of sp³-hybridized carbons (Fsp3) is 0.0345. The third kappa shape index (κ3) is 6.10. The first kappa shape index (κ1) is 37.3. The van der Waals surface area contributed by atoms with Gasteiger partial charge in [0.2, 0.25) is 0 Å². The first-order valence-corrected chi connectivity index (χ1v) is 21.5. The number of para-hydroxylation sites is 1. The van der Waals surface area contributed by atoms with E-state index in [1.807, 2.05) is 48.5 Å². The van der Waals surface area contributed by atoms with Crippen molar-refractivity contribution >= 4 is 17.4 Å². The zero-order valence-corrected chi connectivity index (χ0v) is 34.7. The molecule has 6 heteroatoms. The van der Waals surface area contributed by atoms with Gasteiger partial charge in [-0.05, 0) is 86.5 Å². The van der Waals surface area contributed by atoms with Crippen LogP contribution in [0.4, 0.5) is 5.69 Å². The Hall–Kier alpha value is -8.48. The molecule has 9 aromatic rings. The molecule has 2 heterocycles. The molecule has 1 atom stereocenters. The largest absolute Gasteiger partial charge is 0.449 e. The molecule has 0 saturated heterocycles. The van der Waals surface area contributed by atoms with Gasteiger partial charge in [0.1, 0.15) is 11.7 Å². The van der Waals surface area contributed by atoms with Gasteiger partial charge in [-0.25, -0.2) is 9.98 Å². The van der Waals surface area contributed by atoms with Gasteiger partial charge in [0.15, 0.2) is 29.2 Å². The summed E-state index contributed by atoms with van der Waals surface area (Å²) in [5.74, 6) is 4.19. The van der Waals surface area contributed by atoms with Gasteiger partial charge >= 0.3 is 0 Å². The smallest absolute Gasteiger partial charge is 0.178 e. The van der Waals surface area contributed by atoms with E-state index >= 15 is 0 Å². The first-order chi connectivity index (χ1) is 31.6. The number of hydrogen-bond donors (Lipinski definition) is 2. The Morgan fingerprint density at radius 3 is 1.77 bits per heavy atom. The standard InChI is InChI=1S/C58H40N4O2/c59-45-27-14-19-39(36-45)38-18-12-21-41(34-38)56-60-55(37-16-4-1-5-17-37)61-57(62-56)42-22-13-20-40(35-42)46-29-15-31-50-53(46)64-54-51(63-50)33-32-49-52(54)47-28-10-11-30-48(47)58(49,43-23-6-2-7-24-43)44-25-8-3-9-26-44/h1-36,57H,59H2,(H,60,61,62). The Morgan fingerprint density at radius 1 is 0.422 bits per heavy atom. The second kappa shape index (κ2) is 15.2. The highest BCUT2D eigenvalue weighted by atomic mass is 16.6. The summed E-state index contributed by atoms with van der Waals surface area (Å²) in [4.78, 5) is 10.5. The number of hydrogen-bond acceptors (Lipinski definition) is 6. The summed E-state index contributed by atoms with van der Waals surface area (Å²) >= 11 is 0. The number of benzene rings is 9. The SMILES string of the molecule is Nc1cccc(-c2cccc(C3=NC(c4cccc(-c5cccc6c5Oc5c(ccc7c5-c5ccccc5C7(c5ccccc5)c5ccccc5)O6)c4)N=C(c4ccccc4)N3)c2)c1. The third-order valence-electron chi connectivity index (χ3n) is 12.6. The number of rotatable bonds is 7. The number of anilines is 1. The van der Waals surface area contributed by atoms with Crippen LogP contribution in [-0.2, 0) is 5.41 Å². The molecule has 6 nitrogen and oxygen atoms in total. The molecular weight excluding hydrogens is 785 g/mol. The molecule has 3 N–H and O–H groups in total. The number of ether oxygens (including phenoxy) is 2. The Balaban J connectivity index is 0.962. The molecular formula is C58H40N4O2. The van der Waals surface area contributed by atoms with Crippen LogP contribution in [0.15, 0.2) is 228 Å². The van der Waals surface area contributed by atoms with Crippen molar-refractivity contribution < 1.29 is 9.47 Å². The van der Waals surface area contributed by atoms with Gasteiger partial charge < -0.3 is 20.5 Å². The summed E-state index contributed by atoms with van der Waals surface area (Å²) < 4.78 is 14.0. The zero-order valence-electron chi connectivity index (χ0n) is 34.7. The number of nitrogens with one attached hydrogen (secondary N) is 1. The van der Waals surface area contributed by atoms with Crippen molar-refractivity contribution in [3.63, 3.8) is 0 Å². The zero-order chi connectivity index (χ0) is 42.6. The predicted octanol–water partition coefficient (Wildman–Crippen LogP) is 13.4. The van der Waals surface area contributed by atoms with Crippen molar-refractivity contribution in [1.29, 1.82) is 0 Å². The molecule has 2 aliphatic heterocycles. The van der Waals surface area contributed by atoms with Crippen LogP contribution in [0.2, 0.25) is 0 Å². The number of fused-ring (bicyclic) bond motifs is 6. The van der Waals surface area contributed by atoms with Crippen LogP contribution in [0.1, 0.15) is 45.1 Å². The molecule has 0 aromatic heterocycles. The summed E-state index contributed by atoms with van der Waals surface area (Å²) in [6.07, 6.45) is -0.524. The number of nitrogens with two attached hydrogens (primary N) is 1. The molecule has 0 radical (unpaired) electrons. The lowest BCUT2D eigenvalue weighted by molar-refractivity contribution is 0.361. The fourth-order valence-corrected chi connectivity index (χ4v) is 9.73. The summed E-state index contributed by atoms with van der Waals surface area (Å²) in [6.45, 7) is 0. The Kier molecular flexibility index (Phi) is 8.83. The third-order valence-corrected chi connectivity index (χ3v) is 12.6. The maximum absolute atomic E-state index is 7.22. The van der Waals surface area contributed by atoms with E-state index in [4.69, 9.17) is 25.2 Å². The van der Waals surface area contributed by atoms with E-state index in [0.717, 1.165) is 73.0 Å². The molecule has 304 valence electrons. The number of nitrogens with zero attached hydrogens (tertiary/aromatic N) is 2. The second-order valence-corrected chi connectivity index (χ2v) is 16.3. The number of amidine groups is 2. The molecule has 0 amide bonds. The van der Waals surface area contributed by atoms with Crippen LogP contribution in [0.3, 0.4) is 0 Å². The Morgan fingerprint density at radius 2 is 1.00 bits per heavy atom. The molecule has 0 saturated carbocycles. The van der Waals surface area contributed by atoms with E-state index in [2.05, 4.69) is 175 Å². The van der Waals surface area contributed by atoms with Crippen molar-refractivity contribution in [2.45, 2.75) is 11.6 Å². The van der Waals surface area contributed by atoms with Crippen LogP contribution in [0, 0.1) is 0 Å². The minimum Gasteiger partial charge on any atom is -0.449 e. The molecule has 9 aromatic carbocycles. The lowest BCUT2D eigenvalue weighted by Crippen LogP contribution is -2.36. The summed E-state index contributed by atoms with van der Waals surface area (Å²) in [6, 6.07) is 75.6. The van der Waals surface area contributed by atoms with Crippen molar-refractivity contribution in [3.8, 4) is 56.4 Å². The monoisotopic (exact) mass is 824 g/mol. The Bertz CT molecular complexity index is 3290. The van der Waals surface area contributed by atoms with Crippen LogP contribution in [0.5, 0.6) is 23.0 Å². The van der Waals surface area contributed by atoms with Crippen LogP contribution in [-0.4, -0.2) is 11.7 Å². The van der Waals surface area contributed by atoms with Gasteiger partial charge in [-0.15, -0.1) is 0 Å². The van der Waals surface area contributed by atoms with Crippen LogP contribution in [0.25, 0.3) is 33.4 Å². The van der Waals surface area contributed by atoms with E-state index in [9.17, 15) is 0 Å². The molecule has 64 heavy (non-hydrogen) atoms. The van der Waals surface area contributed by atoms with E-state index < -0.39 is 11.6 Å². The average molecular weight is 825 g/mol. The maximum atomic E-state index is 7.22. The van der Waals surface area contributed by atoms with E-state index in [0.29, 0.717) is 23.0 Å². The van der Waals surface area contributed by atoms with Gasteiger partial charge in [-0.1, -0.05) is 182 Å². The number of aliphatic imine (C=N–C) groups is 2. The minimum absolute atomic E-state index is 0.524. The first-order valence-electron chi connectivity index (χ1n) is 21.5. The van der Waals surface area contributed by atoms with Crippen LogP contribution < -0.4 is 20.5 Å². The topological polar surface area (TPSA) is 81.2 Å². The Labute approximate surface area is 371 Å². The average Bonchev–Trinajstić information content (AvgIpc) is 3.68. The second-order valence-electron chi connectivity index (χ2n) is 16.3. The molecule has 0 spiro atoms. The lowest BCUT2D eigenvalue weighted by atomic mass is 9.68. The lowest BCUT2D eigenvalue weighted by Gasteiger charge is -2.34. The quantitative estimate of drug-likeness (QED) is 0.157. The summed E-state index contributed by atoms with van der Waals surface area (Å²) in [5, 5.41) is 3.57. The molecule has 12 rings (SSSR count). The van der Waals surface area contributed by atoms with E-state index in [1.54, 1.807) is 0 Å². The van der Waals surface area contributed by atoms with E-state index in [-0.39, 0.29) is 0 Å². The minimum atomic E-state index is -0.564. The van der Waals surface area contributed by atoms with Crippen LogP contribution >= 0.6 is 0 Å². The normalized spacial score (nSPS) is 15.2. The summed E-state index contributed by atoms with van der Waals surface area (Å²) in [7, 11) is 0. The highest BCUT2D eigenvalue weighted by Crippen LogP contribution is 2.62. The molecule has 1 unspecified atom stereocenters. The van der Waals surface area contributed by atoms with E-state index in [1.165, 1.54) is 16.7 Å². The fourth-order valence-electron chi connectivity index (χ4n) is 9.73. The van der Waals surface area contributed by atoms with Gasteiger partial charge in [-0.2, -0.15) is 0 Å². The van der Waals surface area contributed by atoms with Crippen molar-refractivity contribution in [3.05, 3.63) is 257 Å². The van der Waals surface area contributed by atoms with Gasteiger partial charge in [0, 0.05) is 27.9 Å². The van der Waals surface area contributed by atoms with Crippen molar-refractivity contribution in [1.82, 2.24) is 5.32 Å².